The monoisotopic (exact) mass is 344 g/mol. The van der Waals surface area contributed by atoms with Crippen LogP contribution in [-0.2, 0) is 7.05 Å². The number of nitrogens with one attached hydrogen (secondary N) is 1. The minimum atomic E-state index is -0.407. The fraction of sp³-hybridized carbons (Fsp3) is 0.0526. The number of benzene rings is 2. The molecule has 0 aliphatic heterocycles. The van der Waals surface area contributed by atoms with Gasteiger partial charge in [-0.3, -0.25) is 9.48 Å². The number of hydrogen-bond donors (Lipinski definition) is 1. The zero-order valence-electron chi connectivity index (χ0n) is 14.1. The van der Waals surface area contributed by atoms with E-state index in [4.69, 9.17) is 0 Å². The third kappa shape index (κ3) is 3.10. The predicted octanol–water partition coefficient (Wildman–Crippen LogP) is 2.92. The second kappa shape index (κ2) is 6.64. The van der Waals surface area contributed by atoms with Crippen molar-refractivity contribution in [3.8, 4) is 17.1 Å². The fourth-order valence-corrected chi connectivity index (χ4v) is 2.59. The van der Waals surface area contributed by atoms with Crippen molar-refractivity contribution < 1.29 is 4.79 Å². The third-order valence-electron chi connectivity index (χ3n) is 3.80. The number of para-hydroxylation sites is 1. The Morgan fingerprint density at radius 2 is 1.62 bits per heavy atom. The standard InChI is InChI=1S/C19H16N6O/c1-24-13-12-16(22-24)20-19(26)17-21-18(14-8-4-2-5-9-14)25(23-17)15-10-6-3-7-11-15/h2-13H,1H3,(H,20,22,26). The zero-order valence-corrected chi connectivity index (χ0v) is 14.1. The van der Waals surface area contributed by atoms with E-state index in [9.17, 15) is 4.79 Å². The van der Waals surface area contributed by atoms with Crippen LogP contribution in [0.3, 0.4) is 0 Å². The highest BCUT2D eigenvalue weighted by Crippen LogP contribution is 2.21. The Kier molecular flexibility index (Phi) is 4.03. The molecular formula is C19H16N6O. The topological polar surface area (TPSA) is 77.6 Å². The van der Waals surface area contributed by atoms with Crippen molar-refractivity contribution in [2.45, 2.75) is 0 Å². The Hall–Kier alpha value is -3.74. The summed E-state index contributed by atoms with van der Waals surface area (Å²) in [4.78, 5) is 17.0. The first kappa shape index (κ1) is 15.8. The number of aromatic nitrogens is 5. The normalized spacial score (nSPS) is 10.7. The molecule has 0 radical (unpaired) electrons. The van der Waals surface area contributed by atoms with Gasteiger partial charge in [0.25, 0.3) is 5.91 Å². The van der Waals surface area contributed by atoms with Crippen molar-refractivity contribution in [1.29, 1.82) is 0 Å². The summed E-state index contributed by atoms with van der Waals surface area (Å²) in [7, 11) is 1.78. The van der Waals surface area contributed by atoms with Gasteiger partial charge >= 0.3 is 0 Å². The second-order valence-electron chi connectivity index (χ2n) is 5.70. The van der Waals surface area contributed by atoms with Crippen LogP contribution in [0.1, 0.15) is 10.6 Å². The first-order valence-corrected chi connectivity index (χ1v) is 8.09. The lowest BCUT2D eigenvalue weighted by atomic mass is 10.2. The lowest BCUT2D eigenvalue weighted by Gasteiger charge is -2.05. The third-order valence-corrected chi connectivity index (χ3v) is 3.80. The maximum atomic E-state index is 12.6. The molecule has 2 heterocycles. The van der Waals surface area contributed by atoms with E-state index in [1.807, 2.05) is 60.7 Å². The molecule has 2 aromatic carbocycles. The van der Waals surface area contributed by atoms with Gasteiger partial charge in [-0.15, -0.1) is 5.10 Å². The molecule has 1 amide bonds. The summed E-state index contributed by atoms with van der Waals surface area (Å²) in [5.41, 5.74) is 1.71. The minimum absolute atomic E-state index is 0.0818. The number of aryl methyl sites for hydroxylation is 1. The van der Waals surface area contributed by atoms with Gasteiger partial charge in [0, 0.05) is 24.9 Å². The van der Waals surface area contributed by atoms with Crippen molar-refractivity contribution in [1.82, 2.24) is 24.5 Å². The van der Waals surface area contributed by atoms with Gasteiger partial charge in [0.2, 0.25) is 5.82 Å². The lowest BCUT2D eigenvalue weighted by molar-refractivity contribution is 0.101. The Morgan fingerprint density at radius 1 is 0.923 bits per heavy atom. The summed E-state index contributed by atoms with van der Waals surface area (Å²) >= 11 is 0. The van der Waals surface area contributed by atoms with Crippen LogP contribution in [-0.4, -0.2) is 30.5 Å². The Labute approximate surface area is 149 Å². The predicted molar refractivity (Wildman–Crippen MR) is 98.0 cm³/mol. The number of amides is 1. The Bertz CT molecular complexity index is 979. The van der Waals surface area contributed by atoms with Gasteiger partial charge in [-0.1, -0.05) is 48.5 Å². The highest BCUT2D eigenvalue weighted by molar-refractivity contribution is 6.01. The van der Waals surface area contributed by atoms with Gasteiger partial charge in [-0.05, 0) is 12.1 Å². The average Bonchev–Trinajstić information content (AvgIpc) is 3.30. The van der Waals surface area contributed by atoms with E-state index in [-0.39, 0.29) is 5.82 Å². The minimum Gasteiger partial charge on any atom is -0.302 e. The molecule has 0 fully saturated rings. The Balaban J connectivity index is 1.75. The first-order valence-electron chi connectivity index (χ1n) is 8.09. The van der Waals surface area contributed by atoms with Crippen LogP contribution in [0.5, 0.6) is 0 Å². The summed E-state index contributed by atoms with van der Waals surface area (Å²) < 4.78 is 3.28. The molecule has 0 aliphatic carbocycles. The fourth-order valence-electron chi connectivity index (χ4n) is 2.59. The van der Waals surface area contributed by atoms with E-state index in [2.05, 4.69) is 20.5 Å². The molecule has 1 N–H and O–H groups in total. The highest BCUT2D eigenvalue weighted by atomic mass is 16.2. The molecule has 4 rings (SSSR count). The van der Waals surface area contributed by atoms with Crippen molar-refractivity contribution >= 4 is 11.7 Å². The van der Waals surface area contributed by atoms with Crippen molar-refractivity contribution in [3.63, 3.8) is 0 Å². The SMILES string of the molecule is Cn1ccc(NC(=O)c2nc(-c3ccccc3)n(-c3ccccc3)n2)n1. The number of hydrogen-bond acceptors (Lipinski definition) is 4. The lowest BCUT2D eigenvalue weighted by Crippen LogP contribution is -2.14. The largest absolute Gasteiger partial charge is 0.302 e. The molecule has 0 bridgehead atoms. The molecule has 0 saturated heterocycles. The second-order valence-corrected chi connectivity index (χ2v) is 5.70. The van der Waals surface area contributed by atoms with Crippen LogP contribution in [0.25, 0.3) is 17.1 Å². The molecule has 0 saturated carbocycles. The van der Waals surface area contributed by atoms with Crippen LogP contribution in [0.4, 0.5) is 5.82 Å². The molecule has 7 heteroatoms. The summed E-state index contributed by atoms with van der Waals surface area (Å²) in [5, 5.41) is 11.3. The molecule has 7 nitrogen and oxygen atoms in total. The molecule has 0 unspecified atom stereocenters. The van der Waals surface area contributed by atoms with Gasteiger partial charge < -0.3 is 5.32 Å². The first-order chi connectivity index (χ1) is 12.7. The van der Waals surface area contributed by atoms with E-state index < -0.39 is 5.91 Å². The molecule has 0 atom stereocenters. The van der Waals surface area contributed by atoms with Crippen LogP contribution >= 0.6 is 0 Å². The number of carbonyl (C=O) groups is 1. The van der Waals surface area contributed by atoms with Crippen LogP contribution in [0, 0.1) is 0 Å². The van der Waals surface area contributed by atoms with Gasteiger partial charge in [-0.25, -0.2) is 9.67 Å². The maximum absolute atomic E-state index is 12.6. The summed E-state index contributed by atoms with van der Waals surface area (Å²) in [5.74, 6) is 0.728. The van der Waals surface area contributed by atoms with E-state index in [1.54, 1.807) is 28.7 Å². The summed E-state index contributed by atoms with van der Waals surface area (Å²) in [6, 6.07) is 21.0. The number of rotatable bonds is 4. The molecular weight excluding hydrogens is 328 g/mol. The molecule has 0 spiro atoms. The zero-order chi connectivity index (χ0) is 17.9. The van der Waals surface area contributed by atoms with Crippen LogP contribution in [0.15, 0.2) is 72.9 Å². The average molecular weight is 344 g/mol. The van der Waals surface area contributed by atoms with E-state index >= 15 is 0 Å². The molecule has 4 aromatic rings. The van der Waals surface area contributed by atoms with Gasteiger partial charge in [0.05, 0.1) is 5.69 Å². The number of carbonyl (C=O) groups excluding carboxylic acids is 1. The molecule has 0 aliphatic rings. The van der Waals surface area contributed by atoms with E-state index in [0.717, 1.165) is 11.3 Å². The number of nitrogens with zero attached hydrogens (tertiary/aromatic N) is 5. The van der Waals surface area contributed by atoms with Crippen LogP contribution < -0.4 is 5.32 Å². The van der Waals surface area contributed by atoms with E-state index in [1.165, 1.54) is 0 Å². The van der Waals surface area contributed by atoms with E-state index in [0.29, 0.717) is 11.6 Å². The van der Waals surface area contributed by atoms with Crippen molar-refractivity contribution in [2.24, 2.45) is 7.05 Å². The van der Waals surface area contributed by atoms with Gasteiger partial charge in [-0.2, -0.15) is 5.10 Å². The van der Waals surface area contributed by atoms with Crippen molar-refractivity contribution in [2.75, 3.05) is 5.32 Å². The Morgan fingerprint density at radius 3 is 2.27 bits per heavy atom. The highest BCUT2D eigenvalue weighted by Gasteiger charge is 2.19. The van der Waals surface area contributed by atoms with Gasteiger partial charge in [0.15, 0.2) is 11.6 Å². The number of anilines is 1. The summed E-state index contributed by atoms with van der Waals surface area (Å²) in [6.45, 7) is 0. The molecule has 2 aromatic heterocycles. The summed E-state index contributed by atoms with van der Waals surface area (Å²) in [6.07, 6.45) is 1.75. The quantitative estimate of drug-likeness (QED) is 0.617. The van der Waals surface area contributed by atoms with Crippen LogP contribution in [0.2, 0.25) is 0 Å². The maximum Gasteiger partial charge on any atom is 0.296 e. The van der Waals surface area contributed by atoms with Crippen molar-refractivity contribution in [3.05, 3.63) is 78.8 Å². The smallest absolute Gasteiger partial charge is 0.296 e. The van der Waals surface area contributed by atoms with Gasteiger partial charge in [0.1, 0.15) is 0 Å². The molecule has 26 heavy (non-hydrogen) atoms. The molecule has 128 valence electrons.